The first-order valence-corrected chi connectivity index (χ1v) is 8.09. The number of hydrogen-bond acceptors (Lipinski definition) is 1. The van der Waals surface area contributed by atoms with E-state index in [4.69, 9.17) is 0 Å². The number of fused-ring (bicyclic) bond motifs is 1. The molecule has 0 aliphatic heterocycles. The third kappa shape index (κ3) is 2.68. The van der Waals surface area contributed by atoms with E-state index in [0.717, 1.165) is 22.2 Å². The number of para-hydroxylation sites is 1. The molecule has 0 atom stereocenters. The summed E-state index contributed by atoms with van der Waals surface area (Å²) in [7, 11) is 0. The highest BCUT2D eigenvalue weighted by Crippen LogP contribution is 2.33. The number of carbonyl (C=O) groups excluding carboxylic acids is 1. The molecule has 0 radical (unpaired) electrons. The van der Waals surface area contributed by atoms with Gasteiger partial charge >= 0.3 is 0 Å². The van der Waals surface area contributed by atoms with Crippen LogP contribution in [0.5, 0.6) is 0 Å². The lowest BCUT2D eigenvalue weighted by Gasteiger charge is -2.31. The van der Waals surface area contributed by atoms with E-state index in [1.807, 2.05) is 51.1 Å². The van der Waals surface area contributed by atoms with Crippen molar-refractivity contribution in [2.75, 3.05) is 11.4 Å². The molecule has 0 aliphatic rings. The van der Waals surface area contributed by atoms with E-state index in [9.17, 15) is 9.18 Å². The Labute approximate surface area is 141 Å². The fraction of sp³-hybridized carbons (Fsp3) is 0.250. The minimum Gasteiger partial charge on any atom is -0.361 e. The lowest BCUT2D eigenvalue weighted by Crippen LogP contribution is -2.43. The van der Waals surface area contributed by atoms with Gasteiger partial charge in [0.1, 0.15) is 5.82 Å². The van der Waals surface area contributed by atoms with Gasteiger partial charge in [-0.2, -0.15) is 0 Å². The smallest absolute Gasteiger partial charge is 0.237 e. The number of aromatic amines is 1. The number of halogens is 1. The first-order chi connectivity index (χ1) is 11.4. The number of nitrogens with zero attached hydrogens (tertiary/aromatic N) is 1. The van der Waals surface area contributed by atoms with Crippen LogP contribution in [0.3, 0.4) is 0 Å². The van der Waals surface area contributed by atoms with Crippen molar-refractivity contribution >= 4 is 22.5 Å². The number of aromatic nitrogens is 1. The Bertz CT molecular complexity index is 868. The molecule has 0 unspecified atom stereocenters. The van der Waals surface area contributed by atoms with Crippen LogP contribution in [0.1, 0.15) is 26.3 Å². The maximum Gasteiger partial charge on any atom is 0.237 e. The van der Waals surface area contributed by atoms with Gasteiger partial charge in [-0.3, -0.25) is 4.79 Å². The summed E-state index contributed by atoms with van der Waals surface area (Å²) in [4.78, 5) is 18.1. The van der Waals surface area contributed by atoms with Gasteiger partial charge in [0.15, 0.2) is 0 Å². The van der Waals surface area contributed by atoms with Crippen LogP contribution in [0.15, 0.2) is 54.7 Å². The summed E-state index contributed by atoms with van der Waals surface area (Å²) in [5.41, 5.74) is 1.72. The third-order valence-electron chi connectivity index (χ3n) is 4.48. The van der Waals surface area contributed by atoms with Gasteiger partial charge in [0.25, 0.3) is 0 Å². The number of nitrogens with one attached hydrogen (secondary N) is 1. The Morgan fingerprint density at radius 3 is 2.54 bits per heavy atom. The Balaban J connectivity index is 2.05. The van der Waals surface area contributed by atoms with E-state index in [2.05, 4.69) is 4.98 Å². The van der Waals surface area contributed by atoms with Crippen LogP contribution >= 0.6 is 0 Å². The van der Waals surface area contributed by atoms with Crippen LogP contribution < -0.4 is 4.90 Å². The molecule has 0 fully saturated rings. The fourth-order valence-electron chi connectivity index (χ4n) is 3.11. The number of likely N-dealkylation sites (N-methyl/N-ethyl adjacent to an activating group) is 1. The molecule has 0 saturated carbocycles. The number of rotatable bonds is 4. The summed E-state index contributed by atoms with van der Waals surface area (Å²) < 4.78 is 13.7. The first kappa shape index (κ1) is 16.2. The molecule has 3 aromatic rings. The van der Waals surface area contributed by atoms with Gasteiger partial charge in [0, 0.05) is 29.3 Å². The standard InChI is InChI=1S/C20H21FN2O/c1-4-23(15-8-6-5-7-9-15)19(24)20(2,3)17-13-22-18-11-10-14(21)12-16(17)18/h5-13,22H,4H2,1-3H3. The van der Waals surface area contributed by atoms with E-state index in [1.165, 1.54) is 12.1 Å². The van der Waals surface area contributed by atoms with Crippen molar-refractivity contribution in [2.24, 2.45) is 0 Å². The molecule has 1 aromatic heterocycles. The average Bonchev–Trinajstić information content (AvgIpc) is 3.00. The lowest BCUT2D eigenvalue weighted by molar-refractivity contribution is -0.122. The van der Waals surface area contributed by atoms with Crippen molar-refractivity contribution in [1.29, 1.82) is 0 Å². The fourth-order valence-corrected chi connectivity index (χ4v) is 3.11. The lowest BCUT2D eigenvalue weighted by atomic mass is 9.82. The molecule has 3 nitrogen and oxygen atoms in total. The van der Waals surface area contributed by atoms with Crippen LogP contribution in [0.25, 0.3) is 10.9 Å². The van der Waals surface area contributed by atoms with Gasteiger partial charge < -0.3 is 9.88 Å². The van der Waals surface area contributed by atoms with Crippen LogP contribution in [-0.2, 0) is 10.2 Å². The molecule has 24 heavy (non-hydrogen) atoms. The first-order valence-electron chi connectivity index (χ1n) is 8.09. The van der Waals surface area contributed by atoms with Gasteiger partial charge in [0.05, 0.1) is 5.41 Å². The zero-order chi connectivity index (χ0) is 17.3. The molecule has 2 aromatic carbocycles. The molecule has 4 heteroatoms. The summed E-state index contributed by atoms with van der Waals surface area (Å²) in [6.07, 6.45) is 1.81. The van der Waals surface area contributed by atoms with Crippen molar-refractivity contribution in [3.05, 3.63) is 66.1 Å². The van der Waals surface area contributed by atoms with Gasteiger partial charge in [-0.05, 0) is 56.7 Å². The molecule has 1 heterocycles. The van der Waals surface area contributed by atoms with Gasteiger partial charge in [-0.15, -0.1) is 0 Å². The van der Waals surface area contributed by atoms with E-state index in [0.29, 0.717) is 6.54 Å². The summed E-state index contributed by atoms with van der Waals surface area (Å²) in [6.45, 7) is 6.29. The Hall–Kier alpha value is -2.62. The number of hydrogen-bond donors (Lipinski definition) is 1. The molecule has 1 N–H and O–H groups in total. The van der Waals surface area contributed by atoms with Crippen LogP contribution in [0, 0.1) is 5.82 Å². The second-order valence-corrected chi connectivity index (χ2v) is 6.40. The van der Waals surface area contributed by atoms with Crippen molar-refractivity contribution in [2.45, 2.75) is 26.2 Å². The largest absolute Gasteiger partial charge is 0.361 e. The highest BCUT2D eigenvalue weighted by molar-refractivity contribution is 6.03. The maximum atomic E-state index is 13.7. The number of H-pyrrole nitrogens is 1. The van der Waals surface area contributed by atoms with Crippen LogP contribution in [-0.4, -0.2) is 17.4 Å². The summed E-state index contributed by atoms with van der Waals surface area (Å²) in [5, 5.41) is 0.748. The van der Waals surface area contributed by atoms with Crippen molar-refractivity contribution in [3.63, 3.8) is 0 Å². The SMILES string of the molecule is CCN(C(=O)C(C)(C)c1c[nH]c2ccc(F)cc12)c1ccccc1. The van der Waals surface area contributed by atoms with E-state index in [1.54, 1.807) is 17.2 Å². The van der Waals surface area contributed by atoms with Crippen molar-refractivity contribution in [3.8, 4) is 0 Å². The van der Waals surface area contributed by atoms with Crippen LogP contribution in [0.2, 0.25) is 0 Å². The van der Waals surface area contributed by atoms with E-state index >= 15 is 0 Å². The molecule has 3 rings (SSSR count). The van der Waals surface area contributed by atoms with Gasteiger partial charge in [-0.1, -0.05) is 18.2 Å². The van der Waals surface area contributed by atoms with Gasteiger partial charge in [-0.25, -0.2) is 4.39 Å². The molecule has 0 spiro atoms. The number of benzene rings is 2. The predicted molar refractivity (Wildman–Crippen MR) is 95.8 cm³/mol. The van der Waals surface area contributed by atoms with Crippen molar-refractivity contribution in [1.82, 2.24) is 4.98 Å². The maximum absolute atomic E-state index is 13.7. The molecular formula is C20H21FN2O. The predicted octanol–water partition coefficient (Wildman–Crippen LogP) is 4.64. The minimum atomic E-state index is -0.780. The quantitative estimate of drug-likeness (QED) is 0.746. The molecule has 0 bridgehead atoms. The Kier molecular flexibility index (Phi) is 4.14. The monoisotopic (exact) mass is 324 g/mol. The highest BCUT2D eigenvalue weighted by atomic mass is 19.1. The second kappa shape index (κ2) is 6.11. The Morgan fingerprint density at radius 2 is 1.88 bits per heavy atom. The molecule has 124 valence electrons. The Morgan fingerprint density at radius 1 is 1.17 bits per heavy atom. The van der Waals surface area contributed by atoms with E-state index < -0.39 is 5.41 Å². The molecular weight excluding hydrogens is 303 g/mol. The summed E-state index contributed by atoms with van der Waals surface area (Å²) >= 11 is 0. The normalized spacial score (nSPS) is 11.7. The van der Waals surface area contributed by atoms with E-state index in [-0.39, 0.29) is 11.7 Å². The molecule has 1 amide bonds. The molecule has 0 aliphatic carbocycles. The van der Waals surface area contributed by atoms with Crippen LogP contribution in [0.4, 0.5) is 10.1 Å². The second-order valence-electron chi connectivity index (χ2n) is 6.40. The minimum absolute atomic E-state index is 0.0126. The number of amides is 1. The number of anilines is 1. The summed E-state index contributed by atoms with van der Waals surface area (Å²) in [6, 6.07) is 14.2. The van der Waals surface area contributed by atoms with Crippen molar-refractivity contribution < 1.29 is 9.18 Å². The zero-order valence-electron chi connectivity index (χ0n) is 14.1. The zero-order valence-corrected chi connectivity index (χ0v) is 14.1. The molecule has 0 saturated heterocycles. The number of carbonyl (C=O) groups is 1. The summed E-state index contributed by atoms with van der Waals surface area (Å²) in [5.74, 6) is -0.316. The topological polar surface area (TPSA) is 36.1 Å². The van der Waals surface area contributed by atoms with Gasteiger partial charge in [0.2, 0.25) is 5.91 Å². The third-order valence-corrected chi connectivity index (χ3v) is 4.48. The highest BCUT2D eigenvalue weighted by Gasteiger charge is 2.35. The average molecular weight is 324 g/mol.